The van der Waals surface area contributed by atoms with Gasteiger partial charge >= 0.3 is 11.7 Å². The third-order valence-corrected chi connectivity index (χ3v) is 3.11. The molecule has 0 aliphatic heterocycles. The smallest absolute Gasteiger partial charge is 0.322 e. The fraction of sp³-hybridized carbons (Fsp3) is 0.0625. The van der Waals surface area contributed by atoms with Gasteiger partial charge in [-0.15, -0.1) is 5.10 Å². The molecule has 0 saturated heterocycles. The summed E-state index contributed by atoms with van der Waals surface area (Å²) in [7, 11) is 0. The highest BCUT2D eigenvalue weighted by Gasteiger charge is 2.16. The Hall–Kier alpha value is -3.75. The van der Waals surface area contributed by atoms with Crippen LogP contribution in [0.5, 0.6) is 5.75 Å². The Morgan fingerprint density at radius 1 is 1.12 bits per heavy atom. The van der Waals surface area contributed by atoms with E-state index in [9.17, 15) is 14.9 Å². The van der Waals surface area contributed by atoms with Gasteiger partial charge in [0.2, 0.25) is 5.89 Å². The van der Waals surface area contributed by atoms with Crippen molar-refractivity contribution in [2.45, 2.75) is 0 Å². The van der Waals surface area contributed by atoms with Gasteiger partial charge in [-0.05, 0) is 18.2 Å². The van der Waals surface area contributed by atoms with Crippen molar-refractivity contribution in [3.05, 3.63) is 64.7 Å². The molecule has 1 amide bonds. The predicted molar refractivity (Wildman–Crippen MR) is 87.0 cm³/mol. The number of hydrogen-bond acceptors (Lipinski definition) is 7. The SMILES string of the molecule is O=C(COc1ccccc1[N+](=O)[O-])Nc1nnc(-c2ccccc2)o1. The zero-order chi connectivity index (χ0) is 17.6. The molecule has 9 heteroatoms. The van der Waals surface area contributed by atoms with E-state index in [4.69, 9.17) is 9.15 Å². The van der Waals surface area contributed by atoms with Crippen LogP contribution in [0.2, 0.25) is 0 Å². The quantitative estimate of drug-likeness (QED) is 0.541. The van der Waals surface area contributed by atoms with Gasteiger partial charge in [0, 0.05) is 11.6 Å². The van der Waals surface area contributed by atoms with Gasteiger partial charge < -0.3 is 9.15 Å². The number of benzene rings is 2. The zero-order valence-corrected chi connectivity index (χ0v) is 12.8. The van der Waals surface area contributed by atoms with Gasteiger partial charge in [-0.2, -0.15) is 0 Å². The van der Waals surface area contributed by atoms with E-state index < -0.39 is 17.4 Å². The summed E-state index contributed by atoms with van der Waals surface area (Å²) in [4.78, 5) is 22.2. The molecular formula is C16H12N4O5. The molecule has 1 N–H and O–H groups in total. The summed E-state index contributed by atoms with van der Waals surface area (Å²) in [6.45, 7) is -0.437. The molecule has 9 nitrogen and oxygen atoms in total. The van der Waals surface area contributed by atoms with E-state index in [1.165, 1.54) is 18.2 Å². The van der Waals surface area contributed by atoms with E-state index in [1.54, 1.807) is 18.2 Å². The molecule has 0 aliphatic rings. The molecule has 0 unspecified atom stereocenters. The number of aromatic nitrogens is 2. The molecule has 0 spiro atoms. The lowest BCUT2D eigenvalue weighted by atomic mass is 10.2. The fourth-order valence-corrected chi connectivity index (χ4v) is 2.00. The number of hydrogen-bond donors (Lipinski definition) is 1. The lowest BCUT2D eigenvalue weighted by Crippen LogP contribution is -2.20. The third kappa shape index (κ3) is 3.96. The largest absolute Gasteiger partial charge is 0.477 e. The first-order valence-corrected chi connectivity index (χ1v) is 7.18. The van der Waals surface area contributed by atoms with E-state index >= 15 is 0 Å². The molecule has 0 atom stereocenters. The van der Waals surface area contributed by atoms with Crippen LogP contribution in [0.25, 0.3) is 11.5 Å². The molecule has 0 aliphatic carbocycles. The van der Waals surface area contributed by atoms with Crippen molar-refractivity contribution in [2.24, 2.45) is 0 Å². The number of nitro groups is 1. The Balaban J connectivity index is 1.61. The maximum absolute atomic E-state index is 11.9. The van der Waals surface area contributed by atoms with E-state index in [2.05, 4.69) is 15.5 Å². The Morgan fingerprint density at radius 3 is 2.60 bits per heavy atom. The highest BCUT2D eigenvalue weighted by atomic mass is 16.6. The van der Waals surface area contributed by atoms with Gasteiger partial charge in [-0.1, -0.05) is 35.4 Å². The van der Waals surface area contributed by atoms with Crippen molar-refractivity contribution in [3.8, 4) is 17.2 Å². The number of para-hydroxylation sites is 2. The molecule has 3 aromatic rings. The van der Waals surface area contributed by atoms with Crippen molar-refractivity contribution >= 4 is 17.6 Å². The van der Waals surface area contributed by atoms with Crippen molar-refractivity contribution in [1.29, 1.82) is 0 Å². The summed E-state index contributed by atoms with van der Waals surface area (Å²) >= 11 is 0. The predicted octanol–water partition coefficient (Wildman–Crippen LogP) is 2.66. The highest BCUT2D eigenvalue weighted by molar-refractivity contribution is 5.89. The van der Waals surface area contributed by atoms with Crippen LogP contribution < -0.4 is 10.1 Å². The number of carbonyl (C=O) groups excluding carboxylic acids is 1. The van der Waals surface area contributed by atoms with E-state index in [-0.39, 0.29) is 23.3 Å². The van der Waals surface area contributed by atoms with Crippen LogP contribution in [0.15, 0.2) is 59.0 Å². The summed E-state index contributed by atoms with van der Waals surface area (Å²) < 4.78 is 10.5. The van der Waals surface area contributed by atoms with Crippen LogP contribution in [-0.2, 0) is 4.79 Å². The average molecular weight is 340 g/mol. The van der Waals surface area contributed by atoms with Gasteiger partial charge in [0.25, 0.3) is 5.91 Å². The van der Waals surface area contributed by atoms with Crippen LogP contribution in [0.4, 0.5) is 11.7 Å². The van der Waals surface area contributed by atoms with Crippen molar-refractivity contribution in [3.63, 3.8) is 0 Å². The minimum Gasteiger partial charge on any atom is -0.477 e. The second-order valence-corrected chi connectivity index (χ2v) is 4.84. The van der Waals surface area contributed by atoms with Crippen LogP contribution in [0, 0.1) is 10.1 Å². The number of nitrogens with one attached hydrogen (secondary N) is 1. The number of carbonyl (C=O) groups is 1. The van der Waals surface area contributed by atoms with Crippen molar-refractivity contribution < 1.29 is 18.9 Å². The van der Waals surface area contributed by atoms with Crippen LogP contribution in [0.3, 0.4) is 0 Å². The summed E-state index contributed by atoms with van der Waals surface area (Å²) in [5.74, 6) is -0.324. The van der Waals surface area contributed by atoms with Crippen molar-refractivity contribution in [1.82, 2.24) is 10.2 Å². The molecule has 1 heterocycles. The van der Waals surface area contributed by atoms with Crippen LogP contribution in [-0.4, -0.2) is 27.6 Å². The molecule has 126 valence electrons. The van der Waals surface area contributed by atoms with E-state index in [0.29, 0.717) is 5.56 Å². The van der Waals surface area contributed by atoms with Gasteiger partial charge in [0.1, 0.15) is 0 Å². The van der Waals surface area contributed by atoms with Crippen molar-refractivity contribution in [2.75, 3.05) is 11.9 Å². The number of ether oxygens (including phenoxy) is 1. The Labute approximate surface area is 141 Å². The Morgan fingerprint density at radius 2 is 1.84 bits per heavy atom. The number of anilines is 1. The molecule has 0 radical (unpaired) electrons. The molecule has 2 aromatic carbocycles. The van der Waals surface area contributed by atoms with Gasteiger partial charge in [0.05, 0.1) is 4.92 Å². The van der Waals surface area contributed by atoms with Gasteiger partial charge in [0.15, 0.2) is 12.4 Å². The topological polar surface area (TPSA) is 120 Å². The standard InChI is InChI=1S/C16H12N4O5/c21-14(10-24-13-9-5-4-8-12(13)20(22)23)17-16-19-18-15(25-16)11-6-2-1-3-7-11/h1-9H,10H2,(H,17,19,21). The van der Waals surface area contributed by atoms with E-state index in [1.807, 2.05) is 18.2 Å². The summed E-state index contributed by atoms with van der Waals surface area (Å²) in [6, 6.07) is 14.8. The molecule has 0 fully saturated rings. The molecule has 0 saturated carbocycles. The number of amides is 1. The van der Waals surface area contributed by atoms with E-state index in [0.717, 1.165) is 0 Å². The normalized spacial score (nSPS) is 10.2. The summed E-state index contributed by atoms with van der Waals surface area (Å²) in [5, 5.41) is 20.8. The number of nitrogens with zero attached hydrogens (tertiary/aromatic N) is 3. The maximum Gasteiger partial charge on any atom is 0.322 e. The minimum atomic E-state index is -0.586. The molecule has 25 heavy (non-hydrogen) atoms. The Bertz CT molecular complexity index is 894. The highest BCUT2D eigenvalue weighted by Crippen LogP contribution is 2.25. The Kier molecular flexibility index (Phi) is 4.65. The second-order valence-electron chi connectivity index (χ2n) is 4.84. The minimum absolute atomic E-state index is 0.00171. The number of nitro benzene ring substituents is 1. The van der Waals surface area contributed by atoms with Crippen LogP contribution >= 0.6 is 0 Å². The first-order chi connectivity index (χ1) is 12.1. The lowest BCUT2D eigenvalue weighted by molar-refractivity contribution is -0.385. The summed E-state index contributed by atoms with van der Waals surface area (Å²) in [5.41, 5.74) is 0.492. The van der Waals surface area contributed by atoms with Gasteiger partial charge in [-0.25, -0.2) is 0 Å². The zero-order valence-electron chi connectivity index (χ0n) is 12.8. The molecular weight excluding hydrogens is 328 g/mol. The monoisotopic (exact) mass is 340 g/mol. The first-order valence-electron chi connectivity index (χ1n) is 7.18. The summed E-state index contributed by atoms with van der Waals surface area (Å²) in [6.07, 6.45) is 0. The molecule has 0 bridgehead atoms. The molecule has 3 rings (SSSR count). The third-order valence-electron chi connectivity index (χ3n) is 3.11. The second kappa shape index (κ2) is 7.21. The van der Waals surface area contributed by atoms with Crippen LogP contribution in [0.1, 0.15) is 0 Å². The maximum atomic E-state index is 11.9. The fourth-order valence-electron chi connectivity index (χ4n) is 2.00. The first kappa shape index (κ1) is 16.1. The van der Waals surface area contributed by atoms with Gasteiger partial charge in [-0.3, -0.25) is 20.2 Å². The lowest BCUT2D eigenvalue weighted by Gasteiger charge is -2.05. The molecule has 1 aromatic heterocycles. The average Bonchev–Trinajstić information content (AvgIpc) is 3.09. The number of rotatable bonds is 6.